The van der Waals surface area contributed by atoms with Gasteiger partial charge in [-0.1, -0.05) is 19.9 Å². The van der Waals surface area contributed by atoms with Crippen molar-refractivity contribution < 1.29 is 4.74 Å². The van der Waals surface area contributed by atoms with Crippen LogP contribution in [-0.2, 0) is 0 Å². The summed E-state index contributed by atoms with van der Waals surface area (Å²) >= 11 is 0. The van der Waals surface area contributed by atoms with E-state index in [2.05, 4.69) is 24.8 Å². The van der Waals surface area contributed by atoms with Crippen LogP contribution in [0.1, 0.15) is 25.8 Å². The largest absolute Gasteiger partial charge is 0.494 e. The molecule has 3 nitrogen and oxygen atoms in total. The minimum atomic E-state index is 0.652. The van der Waals surface area contributed by atoms with Crippen LogP contribution in [0.2, 0.25) is 0 Å². The number of benzene rings is 1. The van der Waals surface area contributed by atoms with Crippen molar-refractivity contribution in [3.8, 4) is 11.8 Å². The molecule has 0 saturated carbocycles. The summed E-state index contributed by atoms with van der Waals surface area (Å²) in [4.78, 5) is 2.52. The standard InChI is InChI=1S/C16H22N2O/c1-13-11-18(12-14(13)2)7-4-8-19-16-6-3-5-15(9-16)10-17/h3,5-6,9,13-14H,4,7-8,11-12H2,1-2H3. The van der Waals surface area contributed by atoms with Crippen molar-refractivity contribution in [3.05, 3.63) is 29.8 Å². The van der Waals surface area contributed by atoms with Gasteiger partial charge in [0.25, 0.3) is 0 Å². The lowest BCUT2D eigenvalue weighted by atomic mass is 10.0. The van der Waals surface area contributed by atoms with E-state index >= 15 is 0 Å². The Balaban J connectivity index is 1.68. The van der Waals surface area contributed by atoms with Gasteiger partial charge in [0.1, 0.15) is 5.75 Å². The fourth-order valence-electron chi connectivity index (χ4n) is 2.57. The van der Waals surface area contributed by atoms with E-state index in [4.69, 9.17) is 10.00 Å². The molecule has 1 aliphatic heterocycles. The van der Waals surface area contributed by atoms with Crippen molar-refractivity contribution >= 4 is 0 Å². The molecule has 2 rings (SSSR count). The molecule has 2 atom stereocenters. The summed E-state index contributed by atoms with van der Waals surface area (Å²) in [6.45, 7) is 8.90. The Labute approximate surface area is 115 Å². The Bertz CT molecular complexity index is 442. The minimum Gasteiger partial charge on any atom is -0.494 e. The molecular weight excluding hydrogens is 236 g/mol. The van der Waals surface area contributed by atoms with Gasteiger partial charge in [-0.3, -0.25) is 0 Å². The molecule has 1 fully saturated rings. The van der Waals surface area contributed by atoms with Gasteiger partial charge in [-0.2, -0.15) is 5.26 Å². The van der Waals surface area contributed by atoms with E-state index in [1.54, 1.807) is 12.1 Å². The quantitative estimate of drug-likeness (QED) is 0.762. The molecule has 0 N–H and O–H groups in total. The molecular formula is C16H22N2O. The normalized spacial score (nSPS) is 23.2. The van der Waals surface area contributed by atoms with E-state index < -0.39 is 0 Å². The second-order valence-electron chi connectivity index (χ2n) is 5.56. The smallest absolute Gasteiger partial charge is 0.120 e. The Kier molecular flexibility index (Phi) is 4.81. The highest BCUT2D eigenvalue weighted by atomic mass is 16.5. The van der Waals surface area contributed by atoms with Crippen LogP contribution in [0.4, 0.5) is 0 Å². The van der Waals surface area contributed by atoms with E-state index in [0.717, 1.165) is 30.6 Å². The Morgan fingerprint density at radius 1 is 1.32 bits per heavy atom. The summed E-state index contributed by atoms with van der Waals surface area (Å²) in [6.07, 6.45) is 1.04. The van der Waals surface area contributed by atoms with Crippen LogP contribution in [0.3, 0.4) is 0 Å². The second kappa shape index (κ2) is 6.58. The van der Waals surface area contributed by atoms with Gasteiger partial charge in [0, 0.05) is 19.6 Å². The summed E-state index contributed by atoms with van der Waals surface area (Å²) in [6, 6.07) is 9.47. The van der Waals surface area contributed by atoms with Crippen LogP contribution in [0.25, 0.3) is 0 Å². The average molecular weight is 258 g/mol. The average Bonchev–Trinajstić information content (AvgIpc) is 2.74. The topological polar surface area (TPSA) is 36.3 Å². The maximum atomic E-state index is 8.81. The maximum Gasteiger partial charge on any atom is 0.120 e. The molecule has 2 unspecified atom stereocenters. The van der Waals surface area contributed by atoms with Gasteiger partial charge in [-0.25, -0.2) is 0 Å². The zero-order chi connectivity index (χ0) is 13.7. The van der Waals surface area contributed by atoms with Crippen molar-refractivity contribution in [1.29, 1.82) is 5.26 Å². The lowest BCUT2D eigenvalue weighted by molar-refractivity contribution is 0.258. The van der Waals surface area contributed by atoms with E-state index in [1.165, 1.54) is 13.1 Å². The molecule has 0 bridgehead atoms. The first-order chi connectivity index (χ1) is 9.19. The van der Waals surface area contributed by atoms with Crippen LogP contribution in [0.15, 0.2) is 24.3 Å². The monoisotopic (exact) mass is 258 g/mol. The summed E-state index contributed by atoms with van der Waals surface area (Å²) in [7, 11) is 0. The first kappa shape index (κ1) is 13.9. The van der Waals surface area contributed by atoms with Crippen molar-refractivity contribution in [2.24, 2.45) is 11.8 Å². The van der Waals surface area contributed by atoms with E-state index in [1.807, 2.05) is 12.1 Å². The molecule has 0 aliphatic carbocycles. The van der Waals surface area contributed by atoms with Crippen molar-refractivity contribution in [3.63, 3.8) is 0 Å². The van der Waals surface area contributed by atoms with Crippen LogP contribution in [0.5, 0.6) is 5.75 Å². The molecule has 1 aromatic carbocycles. The number of rotatable bonds is 5. The number of likely N-dealkylation sites (tertiary alicyclic amines) is 1. The molecule has 0 spiro atoms. The molecule has 1 aromatic rings. The Morgan fingerprint density at radius 2 is 2.05 bits per heavy atom. The Hall–Kier alpha value is -1.53. The molecule has 19 heavy (non-hydrogen) atoms. The number of hydrogen-bond acceptors (Lipinski definition) is 3. The minimum absolute atomic E-state index is 0.652. The Morgan fingerprint density at radius 3 is 2.74 bits per heavy atom. The maximum absolute atomic E-state index is 8.81. The molecule has 0 radical (unpaired) electrons. The van der Waals surface area contributed by atoms with Gasteiger partial charge in [0.2, 0.25) is 0 Å². The number of nitrogens with zero attached hydrogens (tertiary/aromatic N) is 2. The lowest BCUT2D eigenvalue weighted by Gasteiger charge is -2.15. The number of ether oxygens (including phenoxy) is 1. The highest BCUT2D eigenvalue weighted by Gasteiger charge is 2.25. The van der Waals surface area contributed by atoms with Gasteiger partial charge < -0.3 is 9.64 Å². The van der Waals surface area contributed by atoms with Crippen LogP contribution in [-0.4, -0.2) is 31.1 Å². The van der Waals surface area contributed by atoms with Gasteiger partial charge in [0.05, 0.1) is 18.2 Å². The first-order valence-corrected chi connectivity index (χ1v) is 7.04. The van der Waals surface area contributed by atoms with E-state index in [-0.39, 0.29) is 0 Å². The van der Waals surface area contributed by atoms with Gasteiger partial charge in [-0.15, -0.1) is 0 Å². The fourth-order valence-corrected chi connectivity index (χ4v) is 2.57. The molecule has 0 aromatic heterocycles. The SMILES string of the molecule is CC1CN(CCCOc2cccc(C#N)c2)CC1C. The molecule has 1 heterocycles. The van der Waals surface area contributed by atoms with Crippen molar-refractivity contribution in [1.82, 2.24) is 4.90 Å². The second-order valence-corrected chi connectivity index (χ2v) is 5.56. The first-order valence-electron chi connectivity index (χ1n) is 7.04. The molecule has 102 valence electrons. The highest BCUT2D eigenvalue weighted by Crippen LogP contribution is 2.22. The summed E-state index contributed by atoms with van der Waals surface area (Å²) in [5.74, 6) is 2.42. The summed E-state index contributed by atoms with van der Waals surface area (Å²) in [5, 5.41) is 8.81. The zero-order valence-electron chi connectivity index (χ0n) is 11.8. The molecule has 0 amide bonds. The molecule has 1 aliphatic rings. The van der Waals surface area contributed by atoms with E-state index in [9.17, 15) is 0 Å². The third-order valence-corrected chi connectivity index (χ3v) is 3.91. The highest BCUT2D eigenvalue weighted by molar-refractivity contribution is 5.36. The number of nitriles is 1. The fraction of sp³-hybridized carbons (Fsp3) is 0.562. The number of hydrogen-bond donors (Lipinski definition) is 0. The van der Waals surface area contributed by atoms with Crippen LogP contribution in [0, 0.1) is 23.2 Å². The van der Waals surface area contributed by atoms with E-state index in [0.29, 0.717) is 12.2 Å². The van der Waals surface area contributed by atoms with Gasteiger partial charge in [0.15, 0.2) is 0 Å². The summed E-state index contributed by atoms with van der Waals surface area (Å²) < 4.78 is 5.68. The van der Waals surface area contributed by atoms with Crippen LogP contribution < -0.4 is 4.74 Å². The lowest BCUT2D eigenvalue weighted by Crippen LogP contribution is -2.23. The predicted molar refractivity (Wildman–Crippen MR) is 76.0 cm³/mol. The van der Waals surface area contributed by atoms with Gasteiger partial charge >= 0.3 is 0 Å². The zero-order valence-corrected chi connectivity index (χ0v) is 11.8. The predicted octanol–water partition coefficient (Wildman–Crippen LogP) is 2.91. The van der Waals surface area contributed by atoms with Crippen molar-refractivity contribution in [2.75, 3.05) is 26.2 Å². The third-order valence-electron chi connectivity index (χ3n) is 3.91. The summed E-state index contributed by atoms with van der Waals surface area (Å²) in [5.41, 5.74) is 0.652. The molecule has 1 saturated heterocycles. The van der Waals surface area contributed by atoms with Crippen molar-refractivity contribution in [2.45, 2.75) is 20.3 Å². The van der Waals surface area contributed by atoms with Gasteiger partial charge in [-0.05, 0) is 36.5 Å². The third kappa shape index (κ3) is 3.97. The molecule has 3 heteroatoms. The van der Waals surface area contributed by atoms with Crippen LogP contribution >= 0.6 is 0 Å².